The molecule has 1 heterocycles. The molecule has 104 valence electrons. The lowest BCUT2D eigenvalue weighted by Crippen LogP contribution is -2.34. The van der Waals surface area contributed by atoms with Gasteiger partial charge in [-0.25, -0.2) is 4.39 Å². The Labute approximate surface area is 122 Å². The van der Waals surface area contributed by atoms with Crippen molar-refractivity contribution in [3.63, 3.8) is 0 Å². The molecule has 1 N–H and O–H groups in total. The highest BCUT2D eigenvalue weighted by atomic mass is 35.5. The van der Waals surface area contributed by atoms with Crippen LogP contribution in [-0.4, -0.2) is 5.60 Å². The summed E-state index contributed by atoms with van der Waals surface area (Å²) in [5.74, 6) is 0.524. The van der Waals surface area contributed by atoms with Crippen molar-refractivity contribution < 1.29 is 9.13 Å². The van der Waals surface area contributed by atoms with Crippen molar-refractivity contribution in [1.29, 1.82) is 0 Å². The Bertz CT molecular complexity index is 657. The lowest BCUT2D eigenvalue weighted by Gasteiger charge is -2.28. The maximum Gasteiger partial charge on any atom is 0.128 e. The van der Waals surface area contributed by atoms with E-state index in [0.29, 0.717) is 10.7 Å². The van der Waals surface area contributed by atoms with Crippen LogP contribution in [0.2, 0.25) is 5.02 Å². The Morgan fingerprint density at radius 1 is 1.20 bits per heavy atom. The second-order valence-electron chi connectivity index (χ2n) is 5.44. The Balaban J connectivity index is 1.97. The van der Waals surface area contributed by atoms with E-state index in [1.54, 1.807) is 6.07 Å². The number of anilines is 1. The summed E-state index contributed by atoms with van der Waals surface area (Å²) in [7, 11) is 0. The predicted octanol–water partition coefficient (Wildman–Crippen LogP) is 4.80. The van der Waals surface area contributed by atoms with Crippen LogP contribution >= 0.6 is 11.6 Å². The zero-order valence-electron chi connectivity index (χ0n) is 11.3. The highest BCUT2D eigenvalue weighted by Gasteiger charge is 2.41. The molecule has 3 rings (SSSR count). The molecular formula is C16H15ClFNO. The summed E-state index contributed by atoms with van der Waals surface area (Å²) in [6.07, 6.45) is 0. The fourth-order valence-electron chi connectivity index (χ4n) is 2.54. The Hall–Kier alpha value is -1.74. The molecule has 2 nitrogen and oxygen atoms in total. The first kappa shape index (κ1) is 13.3. The van der Waals surface area contributed by atoms with E-state index >= 15 is 0 Å². The van der Waals surface area contributed by atoms with E-state index < -0.39 is 5.60 Å². The molecule has 0 radical (unpaired) electrons. The second kappa shape index (κ2) is 4.67. The van der Waals surface area contributed by atoms with Crippen LogP contribution in [0.4, 0.5) is 10.1 Å². The summed E-state index contributed by atoms with van der Waals surface area (Å²) >= 11 is 6.08. The molecule has 0 aliphatic carbocycles. The molecule has 2 aromatic carbocycles. The average molecular weight is 292 g/mol. The minimum atomic E-state index is -0.401. The molecule has 20 heavy (non-hydrogen) atoms. The number of fused-ring (bicyclic) bond motifs is 1. The van der Waals surface area contributed by atoms with Crippen molar-refractivity contribution in [2.75, 3.05) is 5.32 Å². The number of ether oxygens (including phenoxy) is 1. The highest BCUT2D eigenvalue weighted by molar-refractivity contribution is 6.33. The van der Waals surface area contributed by atoms with Gasteiger partial charge in [0.15, 0.2) is 0 Å². The summed E-state index contributed by atoms with van der Waals surface area (Å²) in [5, 5.41) is 3.73. The van der Waals surface area contributed by atoms with Gasteiger partial charge in [-0.1, -0.05) is 29.8 Å². The van der Waals surface area contributed by atoms with Gasteiger partial charge >= 0.3 is 0 Å². The van der Waals surface area contributed by atoms with E-state index in [0.717, 1.165) is 11.3 Å². The molecule has 0 fully saturated rings. The molecule has 1 atom stereocenters. The third kappa shape index (κ3) is 2.22. The highest BCUT2D eigenvalue weighted by Crippen LogP contribution is 2.45. The topological polar surface area (TPSA) is 21.3 Å². The molecule has 0 aromatic heterocycles. The third-order valence-electron chi connectivity index (χ3n) is 3.53. The van der Waals surface area contributed by atoms with Crippen LogP contribution in [0.3, 0.4) is 0 Å². The van der Waals surface area contributed by atoms with E-state index in [2.05, 4.69) is 5.32 Å². The van der Waals surface area contributed by atoms with Gasteiger partial charge in [0.25, 0.3) is 0 Å². The molecule has 0 saturated heterocycles. The maximum atomic E-state index is 13.1. The Morgan fingerprint density at radius 2 is 1.95 bits per heavy atom. The quantitative estimate of drug-likeness (QED) is 0.858. The number of hydrogen-bond donors (Lipinski definition) is 1. The number of rotatable bonds is 2. The number of nitrogens with one attached hydrogen (secondary N) is 1. The third-order valence-corrected chi connectivity index (χ3v) is 3.84. The van der Waals surface area contributed by atoms with E-state index in [-0.39, 0.29) is 11.9 Å². The molecule has 2 aromatic rings. The van der Waals surface area contributed by atoms with Gasteiger partial charge in [-0.3, -0.25) is 0 Å². The van der Waals surface area contributed by atoms with Gasteiger partial charge in [0, 0.05) is 5.56 Å². The Morgan fingerprint density at radius 3 is 2.70 bits per heavy atom. The van der Waals surface area contributed by atoms with Crippen molar-refractivity contribution in [1.82, 2.24) is 0 Å². The largest absolute Gasteiger partial charge is 0.485 e. The SMILES string of the molecule is CC1(C)Oc2ccccc2C1Nc1ccc(F)cc1Cl. The molecule has 1 unspecified atom stereocenters. The average Bonchev–Trinajstić information content (AvgIpc) is 2.63. The van der Waals surface area contributed by atoms with Crippen LogP contribution < -0.4 is 10.1 Å². The summed E-state index contributed by atoms with van der Waals surface area (Å²) in [6.45, 7) is 4.03. The number of benzene rings is 2. The molecule has 0 bridgehead atoms. The van der Waals surface area contributed by atoms with Crippen LogP contribution in [0.5, 0.6) is 5.75 Å². The van der Waals surface area contributed by atoms with Gasteiger partial charge < -0.3 is 10.1 Å². The fraction of sp³-hybridized carbons (Fsp3) is 0.250. The van der Waals surface area contributed by atoms with Crippen molar-refractivity contribution in [3.05, 3.63) is 58.9 Å². The summed E-state index contributed by atoms with van der Waals surface area (Å²) in [5.41, 5.74) is 1.38. The van der Waals surface area contributed by atoms with Crippen molar-refractivity contribution in [2.24, 2.45) is 0 Å². The van der Waals surface area contributed by atoms with Crippen LogP contribution in [-0.2, 0) is 0 Å². The van der Waals surface area contributed by atoms with E-state index in [1.165, 1.54) is 12.1 Å². The first-order valence-corrected chi connectivity index (χ1v) is 6.85. The summed E-state index contributed by atoms with van der Waals surface area (Å²) < 4.78 is 19.1. The monoisotopic (exact) mass is 291 g/mol. The molecule has 0 spiro atoms. The van der Waals surface area contributed by atoms with Crippen molar-refractivity contribution >= 4 is 17.3 Å². The minimum absolute atomic E-state index is 0.0401. The van der Waals surface area contributed by atoms with Crippen molar-refractivity contribution in [2.45, 2.75) is 25.5 Å². The fourth-order valence-corrected chi connectivity index (χ4v) is 2.76. The van der Waals surface area contributed by atoms with Gasteiger partial charge in [-0.15, -0.1) is 0 Å². The lowest BCUT2D eigenvalue weighted by molar-refractivity contribution is 0.118. The van der Waals surface area contributed by atoms with E-state index in [9.17, 15) is 4.39 Å². The molecule has 4 heteroatoms. The minimum Gasteiger partial charge on any atom is -0.485 e. The van der Waals surface area contributed by atoms with Gasteiger partial charge in [-0.05, 0) is 38.1 Å². The number of halogens is 2. The zero-order valence-corrected chi connectivity index (χ0v) is 12.0. The van der Waals surface area contributed by atoms with E-state index in [1.807, 2.05) is 38.1 Å². The first-order valence-electron chi connectivity index (χ1n) is 6.47. The van der Waals surface area contributed by atoms with Crippen LogP contribution in [0.15, 0.2) is 42.5 Å². The standard InChI is InChI=1S/C16H15ClFNO/c1-16(2)15(11-5-3-4-6-14(11)20-16)19-13-8-7-10(18)9-12(13)17/h3-9,15,19H,1-2H3. The van der Waals surface area contributed by atoms with Gasteiger partial charge in [0.1, 0.15) is 17.2 Å². The number of para-hydroxylation sites is 1. The van der Waals surface area contributed by atoms with Gasteiger partial charge in [-0.2, -0.15) is 0 Å². The molecule has 0 saturated carbocycles. The molecule has 1 aliphatic rings. The predicted molar refractivity (Wildman–Crippen MR) is 78.9 cm³/mol. The summed E-state index contributed by atoms with van der Waals surface area (Å²) in [4.78, 5) is 0. The smallest absolute Gasteiger partial charge is 0.128 e. The Kier molecular flexibility index (Phi) is 3.09. The zero-order chi connectivity index (χ0) is 14.3. The lowest BCUT2D eigenvalue weighted by atomic mass is 9.94. The van der Waals surface area contributed by atoms with Crippen LogP contribution in [0.25, 0.3) is 0 Å². The van der Waals surface area contributed by atoms with Crippen molar-refractivity contribution in [3.8, 4) is 5.75 Å². The van der Waals surface area contributed by atoms with Gasteiger partial charge in [0.05, 0.1) is 16.8 Å². The molecule has 0 amide bonds. The van der Waals surface area contributed by atoms with Gasteiger partial charge in [0.2, 0.25) is 0 Å². The van der Waals surface area contributed by atoms with E-state index in [4.69, 9.17) is 16.3 Å². The molecule has 1 aliphatic heterocycles. The number of hydrogen-bond acceptors (Lipinski definition) is 2. The maximum absolute atomic E-state index is 13.1. The summed E-state index contributed by atoms with van der Waals surface area (Å²) in [6, 6.07) is 12.2. The molecular weight excluding hydrogens is 277 g/mol. The van der Waals surface area contributed by atoms with Crippen LogP contribution in [0, 0.1) is 5.82 Å². The van der Waals surface area contributed by atoms with Crippen LogP contribution in [0.1, 0.15) is 25.5 Å². The first-order chi connectivity index (χ1) is 9.47. The normalized spacial score (nSPS) is 19.3. The second-order valence-corrected chi connectivity index (χ2v) is 5.85.